The van der Waals surface area contributed by atoms with Crippen LogP contribution in [-0.2, 0) is 4.79 Å². The van der Waals surface area contributed by atoms with Crippen LogP contribution in [0.2, 0.25) is 5.02 Å². The highest BCUT2D eigenvalue weighted by molar-refractivity contribution is 6.31. The molecule has 4 nitrogen and oxygen atoms in total. The van der Waals surface area contributed by atoms with Crippen molar-refractivity contribution in [3.8, 4) is 0 Å². The Hall–Kier alpha value is -1.88. The molecule has 3 N–H and O–H groups in total. The fourth-order valence-corrected chi connectivity index (χ4v) is 4.30. The van der Waals surface area contributed by atoms with Gasteiger partial charge >= 0.3 is 0 Å². The van der Waals surface area contributed by atoms with Gasteiger partial charge in [0, 0.05) is 16.3 Å². The number of quaternary nitrogens is 2. The van der Waals surface area contributed by atoms with Crippen LogP contribution in [0.3, 0.4) is 0 Å². The molecule has 0 aromatic heterocycles. The van der Waals surface area contributed by atoms with Crippen molar-refractivity contribution in [2.75, 3.05) is 38.0 Å². The number of carbonyl (C=O) groups excluding carboxylic acids is 1. The van der Waals surface area contributed by atoms with Gasteiger partial charge in [0.1, 0.15) is 32.2 Å². The highest BCUT2D eigenvalue weighted by Crippen LogP contribution is 2.20. The molecule has 2 aromatic carbocycles. The Balaban J connectivity index is 1.52. The SMILES string of the molecule is Cc1cccc(C)c1NC(=O)C[NH+]1CC[NH+]([C@@H](C)c2ccccc2Cl)CC1. The van der Waals surface area contributed by atoms with Crippen LogP contribution in [0, 0.1) is 13.8 Å². The van der Waals surface area contributed by atoms with Crippen molar-refractivity contribution < 1.29 is 14.6 Å². The number of hydrogen-bond donors (Lipinski definition) is 3. The van der Waals surface area contributed by atoms with E-state index in [1.807, 2.05) is 44.2 Å². The summed E-state index contributed by atoms with van der Waals surface area (Å²) in [5.41, 5.74) is 4.39. The predicted molar refractivity (Wildman–Crippen MR) is 111 cm³/mol. The van der Waals surface area contributed by atoms with E-state index in [-0.39, 0.29) is 5.91 Å². The summed E-state index contributed by atoms with van der Waals surface area (Å²) in [7, 11) is 0. The van der Waals surface area contributed by atoms with E-state index in [1.54, 1.807) is 4.90 Å². The summed E-state index contributed by atoms with van der Waals surface area (Å²) < 4.78 is 0. The molecule has 0 unspecified atom stereocenters. The number of para-hydroxylation sites is 1. The first-order chi connectivity index (χ1) is 13.0. The molecule has 1 atom stereocenters. The number of anilines is 1. The summed E-state index contributed by atoms with van der Waals surface area (Å²) in [5, 5.41) is 3.96. The van der Waals surface area contributed by atoms with Gasteiger partial charge in [-0.1, -0.05) is 48.0 Å². The number of benzene rings is 2. The Morgan fingerprint density at radius 1 is 1.04 bits per heavy atom. The van der Waals surface area contributed by atoms with Crippen molar-refractivity contribution >= 4 is 23.2 Å². The van der Waals surface area contributed by atoms with Gasteiger partial charge < -0.3 is 15.1 Å². The van der Waals surface area contributed by atoms with Crippen LogP contribution in [-0.4, -0.2) is 38.6 Å². The second-order valence-electron chi connectivity index (χ2n) is 7.64. The smallest absolute Gasteiger partial charge is 0.279 e. The molecular weight excluding hydrogens is 358 g/mol. The molecule has 0 aliphatic carbocycles. The summed E-state index contributed by atoms with van der Waals surface area (Å²) in [5.74, 6) is 0.102. The fourth-order valence-electron chi connectivity index (χ4n) is 4.00. The molecule has 1 aliphatic rings. The average molecular weight is 388 g/mol. The molecule has 1 amide bonds. The van der Waals surface area contributed by atoms with E-state index in [4.69, 9.17) is 11.6 Å². The third-order valence-corrected chi connectivity index (χ3v) is 6.08. The van der Waals surface area contributed by atoms with E-state index in [0.29, 0.717) is 12.6 Å². The minimum absolute atomic E-state index is 0.102. The normalized spacial score (nSPS) is 20.9. The van der Waals surface area contributed by atoms with Gasteiger partial charge in [0.15, 0.2) is 6.54 Å². The van der Waals surface area contributed by atoms with Crippen molar-refractivity contribution in [1.29, 1.82) is 0 Å². The number of halogens is 1. The van der Waals surface area contributed by atoms with E-state index in [1.165, 1.54) is 10.5 Å². The molecule has 0 bridgehead atoms. The van der Waals surface area contributed by atoms with E-state index >= 15 is 0 Å². The van der Waals surface area contributed by atoms with Crippen LogP contribution in [0.5, 0.6) is 0 Å². The molecule has 0 radical (unpaired) electrons. The third kappa shape index (κ3) is 4.89. The first-order valence-electron chi connectivity index (χ1n) is 9.74. The number of nitrogens with one attached hydrogen (secondary N) is 3. The number of aryl methyl sites for hydroxylation is 2. The van der Waals surface area contributed by atoms with Crippen LogP contribution < -0.4 is 15.1 Å². The molecular formula is C22H30ClN3O+2. The summed E-state index contributed by atoms with van der Waals surface area (Å²) in [4.78, 5) is 15.4. The maximum atomic E-state index is 12.5. The fraction of sp³-hybridized carbons (Fsp3) is 0.409. The van der Waals surface area contributed by atoms with E-state index in [0.717, 1.165) is 48.0 Å². The van der Waals surface area contributed by atoms with Crippen LogP contribution in [0.25, 0.3) is 0 Å². The highest BCUT2D eigenvalue weighted by atomic mass is 35.5. The Morgan fingerprint density at radius 3 is 2.30 bits per heavy atom. The summed E-state index contributed by atoms with van der Waals surface area (Å²) >= 11 is 6.37. The lowest BCUT2D eigenvalue weighted by Gasteiger charge is -2.33. The quantitative estimate of drug-likeness (QED) is 0.713. The Labute approximate surface area is 167 Å². The van der Waals surface area contributed by atoms with Gasteiger partial charge in [0.05, 0.1) is 0 Å². The molecule has 2 aromatic rings. The Morgan fingerprint density at radius 2 is 1.67 bits per heavy atom. The topological polar surface area (TPSA) is 38.0 Å². The van der Waals surface area contributed by atoms with Gasteiger partial charge in [-0.05, 0) is 38.0 Å². The summed E-state index contributed by atoms with van der Waals surface area (Å²) in [6, 6.07) is 14.6. The number of piperazine rings is 1. The van der Waals surface area contributed by atoms with Crippen LogP contribution in [0.1, 0.15) is 29.7 Å². The molecule has 27 heavy (non-hydrogen) atoms. The van der Waals surface area contributed by atoms with Crippen molar-refractivity contribution in [2.24, 2.45) is 0 Å². The second kappa shape index (κ2) is 8.87. The van der Waals surface area contributed by atoms with Crippen LogP contribution >= 0.6 is 11.6 Å². The predicted octanol–water partition coefficient (Wildman–Crippen LogP) is 1.44. The van der Waals surface area contributed by atoms with Gasteiger partial charge in [-0.15, -0.1) is 0 Å². The van der Waals surface area contributed by atoms with Crippen molar-refractivity contribution in [3.05, 3.63) is 64.2 Å². The minimum atomic E-state index is 0.102. The molecule has 144 valence electrons. The zero-order valence-corrected chi connectivity index (χ0v) is 17.2. The Kier molecular flexibility index (Phi) is 6.53. The van der Waals surface area contributed by atoms with Gasteiger partial charge in [-0.3, -0.25) is 4.79 Å². The number of amides is 1. The van der Waals surface area contributed by atoms with E-state index < -0.39 is 0 Å². The second-order valence-corrected chi connectivity index (χ2v) is 8.05. The number of carbonyl (C=O) groups is 1. The Bertz CT molecular complexity index is 780. The molecule has 3 rings (SSSR count). The van der Waals surface area contributed by atoms with Crippen molar-refractivity contribution in [2.45, 2.75) is 26.8 Å². The number of rotatable bonds is 5. The van der Waals surface area contributed by atoms with E-state index in [2.05, 4.69) is 24.4 Å². The number of hydrogen-bond acceptors (Lipinski definition) is 1. The van der Waals surface area contributed by atoms with Gasteiger partial charge in [0.25, 0.3) is 5.91 Å². The maximum absolute atomic E-state index is 12.5. The molecule has 1 heterocycles. The monoisotopic (exact) mass is 387 g/mol. The zero-order valence-electron chi connectivity index (χ0n) is 16.4. The lowest BCUT2D eigenvalue weighted by atomic mass is 10.1. The third-order valence-electron chi connectivity index (χ3n) is 5.74. The lowest BCUT2D eigenvalue weighted by Crippen LogP contribution is -3.28. The molecule has 1 fully saturated rings. The minimum Gasteiger partial charge on any atom is -0.321 e. The van der Waals surface area contributed by atoms with Crippen LogP contribution in [0.15, 0.2) is 42.5 Å². The molecule has 0 spiro atoms. The van der Waals surface area contributed by atoms with Gasteiger partial charge in [-0.25, -0.2) is 0 Å². The standard InChI is InChI=1S/C22H28ClN3O/c1-16-7-6-8-17(2)22(16)24-21(27)15-25-11-13-26(14-12-25)18(3)19-9-4-5-10-20(19)23/h4-10,18H,11-15H2,1-3H3,(H,24,27)/p+2/t18-/m0/s1. The highest BCUT2D eigenvalue weighted by Gasteiger charge is 2.29. The summed E-state index contributed by atoms with van der Waals surface area (Å²) in [6.45, 7) is 11.0. The molecule has 1 saturated heterocycles. The van der Waals surface area contributed by atoms with Gasteiger partial charge in [-0.2, -0.15) is 0 Å². The molecule has 5 heteroatoms. The summed E-state index contributed by atoms with van der Waals surface area (Å²) in [6.07, 6.45) is 0. The van der Waals surface area contributed by atoms with Gasteiger partial charge in [0.2, 0.25) is 0 Å². The zero-order chi connectivity index (χ0) is 19.4. The lowest BCUT2D eigenvalue weighted by molar-refractivity contribution is -1.02. The first-order valence-corrected chi connectivity index (χ1v) is 10.1. The van der Waals surface area contributed by atoms with Crippen molar-refractivity contribution in [3.63, 3.8) is 0 Å². The molecule has 0 saturated carbocycles. The molecule has 1 aliphatic heterocycles. The van der Waals surface area contributed by atoms with Crippen LogP contribution in [0.4, 0.5) is 5.69 Å². The van der Waals surface area contributed by atoms with Crippen molar-refractivity contribution in [1.82, 2.24) is 0 Å². The average Bonchev–Trinajstić information content (AvgIpc) is 2.65. The maximum Gasteiger partial charge on any atom is 0.279 e. The van der Waals surface area contributed by atoms with E-state index in [9.17, 15) is 4.79 Å². The largest absolute Gasteiger partial charge is 0.321 e. The first kappa shape index (κ1) is 19.9.